The van der Waals surface area contributed by atoms with E-state index in [4.69, 9.17) is 9.90 Å². The van der Waals surface area contributed by atoms with Crippen LogP contribution in [0.1, 0.15) is 29.6 Å². The average molecular weight is 422 g/mol. The molecule has 1 aliphatic rings. The molecule has 1 aliphatic carbocycles. The number of halogens is 1. The van der Waals surface area contributed by atoms with Crippen molar-refractivity contribution in [3.05, 3.63) is 42.2 Å². The summed E-state index contributed by atoms with van der Waals surface area (Å²) in [5, 5.41) is 30.1. The zero-order chi connectivity index (χ0) is 21.9. The van der Waals surface area contributed by atoms with Gasteiger partial charge in [0.15, 0.2) is 5.82 Å². The lowest BCUT2D eigenvalue weighted by Crippen LogP contribution is -2.49. The highest BCUT2D eigenvalue weighted by molar-refractivity contribution is 5.94. The third kappa shape index (κ3) is 6.58. The number of aliphatic hydroxyl groups excluding tert-OH is 1. The van der Waals surface area contributed by atoms with Crippen molar-refractivity contribution in [3.8, 4) is 0 Å². The number of rotatable bonds is 6. The van der Waals surface area contributed by atoms with E-state index in [1.807, 2.05) is 0 Å². The molecule has 0 radical (unpaired) electrons. The fourth-order valence-electron chi connectivity index (χ4n) is 3.15. The smallest absolute Gasteiger partial charge is 0.290 e. The highest BCUT2D eigenvalue weighted by Gasteiger charge is 2.33. The van der Waals surface area contributed by atoms with E-state index in [0.717, 1.165) is 6.20 Å². The lowest BCUT2D eigenvalue weighted by atomic mass is 9.83. The Bertz CT molecular complexity index is 834. The van der Waals surface area contributed by atoms with E-state index in [1.54, 1.807) is 17.1 Å². The predicted octanol–water partition coefficient (Wildman–Crippen LogP) is -0.411. The molecule has 11 nitrogen and oxygen atoms in total. The number of aliphatic hydroxyl groups is 1. The number of carbonyl (C=O) groups is 3. The summed E-state index contributed by atoms with van der Waals surface area (Å²) >= 11 is 0. The molecule has 4 N–H and O–H groups in total. The number of hydrogen-bond acceptors (Lipinski definition) is 7. The molecule has 30 heavy (non-hydrogen) atoms. The molecule has 0 unspecified atom stereocenters. The quantitative estimate of drug-likeness (QED) is 0.457. The first kappa shape index (κ1) is 22.9. The molecule has 2 aromatic rings. The van der Waals surface area contributed by atoms with Crippen molar-refractivity contribution in [2.75, 3.05) is 6.54 Å². The summed E-state index contributed by atoms with van der Waals surface area (Å²) < 4.78 is 15.2. The predicted molar refractivity (Wildman–Crippen MR) is 101 cm³/mol. The van der Waals surface area contributed by atoms with Crippen molar-refractivity contribution in [1.29, 1.82) is 0 Å². The molecule has 1 fully saturated rings. The Morgan fingerprint density at radius 2 is 2.10 bits per heavy atom. The van der Waals surface area contributed by atoms with Gasteiger partial charge in [-0.3, -0.25) is 24.0 Å². The van der Waals surface area contributed by atoms with Crippen LogP contribution in [0.5, 0.6) is 0 Å². The first-order chi connectivity index (χ1) is 14.5. The topological polar surface area (TPSA) is 159 Å². The lowest BCUT2D eigenvalue weighted by molar-refractivity contribution is -0.127. The molecule has 0 spiro atoms. The van der Waals surface area contributed by atoms with Crippen LogP contribution in [0.15, 0.2) is 30.9 Å². The molecule has 0 aliphatic heterocycles. The molecule has 0 aromatic carbocycles. The van der Waals surface area contributed by atoms with Crippen LogP contribution in [0.4, 0.5) is 4.39 Å². The minimum atomic E-state index is -0.876. The number of hydrogen-bond donors (Lipinski definition) is 4. The van der Waals surface area contributed by atoms with E-state index in [2.05, 4.69) is 25.9 Å². The highest BCUT2D eigenvalue weighted by atomic mass is 19.1. The van der Waals surface area contributed by atoms with Gasteiger partial charge >= 0.3 is 0 Å². The van der Waals surface area contributed by atoms with E-state index in [1.165, 1.54) is 12.3 Å². The zero-order valence-corrected chi connectivity index (χ0v) is 16.0. The van der Waals surface area contributed by atoms with E-state index in [9.17, 15) is 19.1 Å². The monoisotopic (exact) mass is 422 g/mol. The number of nitrogens with one attached hydrogen (secondary N) is 2. The number of carboxylic acid groups (broad SMARTS) is 1. The summed E-state index contributed by atoms with van der Waals surface area (Å²) in [6.07, 6.45) is 5.87. The molecule has 2 amide bonds. The number of aromatic nitrogens is 4. The lowest BCUT2D eigenvalue weighted by Gasteiger charge is -2.33. The van der Waals surface area contributed by atoms with Gasteiger partial charge in [0.2, 0.25) is 5.91 Å². The second kappa shape index (κ2) is 11.6. The van der Waals surface area contributed by atoms with Crippen LogP contribution < -0.4 is 10.6 Å². The van der Waals surface area contributed by atoms with Crippen LogP contribution in [0, 0.1) is 11.7 Å². The number of carbonyl (C=O) groups excluding carboxylic acids is 2. The Hall–Kier alpha value is -3.41. The molecule has 1 saturated carbocycles. The molecule has 0 saturated heterocycles. The first-order valence-corrected chi connectivity index (χ1v) is 9.24. The van der Waals surface area contributed by atoms with Crippen LogP contribution in [0.2, 0.25) is 0 Å². The van der Waals surface area contributed by atoms with Gasteiger partial charge in [-0.25, -0.2) is 4.39 Å². The zero-order valence-electron chi connectivity index (χ0n) is 16.0. The maximum atomic E-state index is 13.6. The minimum Gasteiger partial charge on any atom is -0.483 e. The highest BCUT2D eigenvalue weighted by Crippen LogP contribution is 2.25. The normalized spacial score (nSPS) is 20.4. The van der Waals surface area contributed by atoms with Gasteiger partial charge in [-0.15, -0.1) is 5.10 Å². The van der Waals surface area contributed by atoms with Gasteiger partial charge in [-0.05, 0) is 25.3 Å². The van der Waals surface area contributed by atoms with Gasteiger partial charge < -0.3 is 20.8 Å². The molecule has 0 bridgehead atoms. The summed E-state index contributed by atoms with van der Waals surface area (Å²) in [7, 11) is 0. The summed E-state index contributed by atoms with van der Waals surface area (Å²) in [5.41, 5.74) is -0.120. The van der Waals surface area contributed by atoms with Crippen LogP contribution in [-0.4, -0.2) is 67.2 Å². The van der Waals surface area contributed by atoms with Gasteiger partial charge in [-0.2, -0.15) is 0 Å². The average Bonchev–Trinajstić information content (AvgIpc) is 3.24. The van der Waals surface area contributed by atoms with Gasteiger partial charge in [0.1, 0.15) is 0 Å². The van der Waals surface area contributed by atoms with Crippen molar-refractivity contribution in [2.45, 2.75) is 38.0 Å². The number of nitrogens with zero attached hydrogens (tertiary/aromatic N) is 4. The molecule has 3 rings (SSSR count). The standard InChI is InChI=1S/C17H21FN6O3.CH2O2/c18-13-10-19-4-3-12(13)17(27)22-14-2-1-11(9-15(14)25)16(26)20-5-7-24-8-6-21-23-24;2-1-3/h3-4,6,8,10-11,14-15,25H,1-2,5,7,9H2,(H,20,26)(H,22,27);1H,(H,2,3)/t11-,14-,15-;/m0./s1. The Morgan fingerprint density at radius 1 is 1.33 bits per heavy atom. The Morgan fingerprint density at radius 3 is 2.73 bits per heavy atom. The molecular formula is C18H23FN6O5. The largest absolute Gasteiger partial charge is 0.483 e. The fraction of sp³-hybridized carbons (Fsp3) is 0.444. The fourth-order valence-corrected chi connectivity index (χ4v) is 3.15. The van der Waals surface area contributed by atoms with Crippen LogP contribution in [-0.2, 0) is 16.1 Å². The van der Waals surface area contributed by atoms with Gasteiger partial charge in [-0.1, -0.05) is 5.21 Å². The second-order valence-corrected chi connectivity index (χ2v) is 6.58. The van der Waals surface area contributed by atoms with Crippen molar-refractivity contribution in [3.63, 3.8) is 0 Å². The summed E-state index contributed by atoms with van der Waals surface area (Å²) in [6.45, 7) is 0.674. The van der Waals surface area contributed by atoms with Crippen LogP contribution in [0.3, 0.4) is 0 Å². The Labute approximate surface area is 171 Å². The summed E-state index contributed by atoms with van der Waals surface area (Å²) in [4.78, 5) is 36.4. The van der Waals surface area contributed by atoms with E-state index in [-0.39, 0.29) is 30.3 Å². The second-order valence-electron chi connectivity index (χ2n) is 6.58. The van der Waals surface area contributed by atoms with Gasteiger partial charge in [0, 0.05) is 24.9 Å². The molecule has 162 valence electrons. The van der Waals surface area contributed by atoms with Crippen LogP contribution >= 0.6 is 0 Å². The van der Waals surface area contributed by atoms with Crippen molar-refractivity contribution in [1.82, 2.24) is 30.6 Å². The van der Waals surface area contributed by atoms with Gasteiger partial charge in [0.25, 0.3) is 12.4 Å². The third-order valence-electron chi connectivity index (χ3n) is 4.63. The third-order valence-corrected chi connectivity index (χ3v) is 4.63. The van der Waals surface area contributed by atoms with Crippen molar-refractivity contribution in [2.24, 2.45) is 5.92 Å². The molecule has 2 heterocycles. The summed E-state index contributed by atoms with van der Waals surface area (Å²) in [5.74, 6) is -1.79. The minimum absolute atomic E-state index is 0.120. The molecular weight excluding hydrogens is 399 g/mol. The van der Waals surface area contributed by atoms with E-state index in [0.29, 0.717) is 25.9 Å². The maximum Gasteiger partial charge on any atom is 0.290 e. The number of amides is 2. The SMILES string of the molecule is O=C(N[C@H]1CC[C@H](C(=O)NCCn2ccnn2)C[C@@H]1O)c1ccncc1F.O=CO. The van der Waals surface area contributed by atoms with Crippen molar-refractivity contribution < 1.29 is 29.0 Å². The Balaban J connectivity index is 0.00000101. The van der Waals surface area contributed by atoms with Crippen molar-refractivity contribution >= 4 is 18.3 Å². The number of pyridine rings is 1. The molecule has 2 aromatic heterocycles. The Kier molecular flexibility index (Phi) is 8.81. The van der Waals surface area contributed by atoms with E-state index >= 15 is 0 Å². The molecule has 12 heteroatoms. The molecule has 3 atom stereocenters. The summed E-state index contributed by atoms with van der Waals surface area (Å²) in [6, 6.07) is 0.759. The first-order valence-electron chi connectivity index (χ1n) is 9.24. The van der Waals surface area contributed by atoms with Gasteiger partial charge in [0.05, 0.1) is 36.6 Å². The van der Waals surface area contributed by atoms with E-state index < -0.39 is 23.9 Å². The van der Waals surface area contributed by atoms with Crippen LogP contribution in [0.25, 0.3) is 0 Å². The maximum absolute atomic E-state index is 13.6.